The van der Waals surface area contributed by atoms with Crippen LogP contribution in [-0.2, 0) is 6.54 Å². The van der Waals surface area contributed by atoms with Gasteiger partial charge in [0.1, 0.15) is 0 Å². The molecule has 0 spiro atoms. The molecule has 0 aliphatic carbocycles. The second-order valence-corrected chi connectivity index (χ2v) is 3.82. The van der Waals surface area contributed by atoms with E-state index in [1.807, 2.05) is 6.20 Å². The zero-order valence-corrected chi connectivity index (χ0v) is 9.38. The predicted octanol–water partition coefficient (Wildman–Crippen LogP) is 2.32. The highest BCUT2D eigenvalue weighted by Crippen LogP contribution is 2.12. The second kappa shape index (κ2) is 5.81. The smallest absolute Gasteiger partial charge is 0.0922 e. The van der Waals surface area contributed by atoms with Gasteiger partial charge in [-0.05, 0) is 12.8 Å². The van der Waals surface area contributed by atoms with Crippen LogP contribution >= 0.6 is 0 Å². The highest BCUT2D eigenvalue weighted by Gasteiger charge is 2.12. The molecular formula is C11H21N3. The molecule has 0 aliphatic heterocycles. The molecule has 3 heteroatoms. The molecule has 0 saturated heterocycles. The standard InChI is InChI=1S/C11H21N3/c1-4-10(5-2)9(3)13-7-11-6-12-8-14-11/h6,8-10,13H,4-5,7H2,1-3H3,(H,12,14). The second-order valence-electron chi connectivity index (χ2n) is 3.82. The summed E-state index contributed by atoms with van der Waals surface area (Å²) in [5.74, 6) is 0.776. The van der Waals surface area contributed by atoms with Crippen molar-refractivity contribution >= 4 is 0 Å². The van der Waals surface area contributed by atoms with E-state index in [0.717, 1.165) is 18.2 Å². The van der Waals surface area contributed by atoms with Gasteiger partial charge in [0.25, 0.3) is 0 Å². The molecule has 80 valence electrons. The van der Waals surface area contributed by atoms with Crippen LogP contribution < -0.4 is 5.32 Å². The van der Waals surface area contributed by atoms with Crippen molar-refractivity contribution in [1.82, 2.24) is 15.3 Å². The number of aromatic nitrogens is 2. The third-order valence-corrected chi connectivity index (χ3v) is 2.93. The average molecular weight is 195 g/mol. The van der Waals surface area contributed by atoms with Crippen molar-refractivity contribution < 1.29 is 0 Å². The van der Waals surface area contributed by atoms with E-state index in [4.69, 9.17) is 0 Å². The van der Waals surface area contributed by atoms with Crippen LogP contribution in [0.2, 0.25) is 0 Å². The van der Waals surface area contributed by atoms with Crippen molar-refractivity contribution in [2.24, 2.45) is 5.92 Å². The van der Waals surface area contributed by atoms with Crippen molar-refractivity contribution in [1.29, 1.82) is 0 Å². The molecule has 14 heavy (non-hydrogen) atoms. The lowest BCUT2D eigenvalue weighted by Gasteiger charge is -2.22. The normalized spacial score (nSPS) is 13.4. The predicted molar refractivity (Wildman–Crippen MR) is 59.0 cm³/mol. The maximum absolute atomic E-state index is 3.99. The van der Waals surface area contributed by atoms with Gasteiger partial charge < -0.3 is 10.3 Å². The zero-order chi connectivity index (χ0) is 10.4. The van der Waals surface area contributed by atoms with Gasteiger partial charge in [-0.2, -0.15) is 0 Å². The Kier molecular flexibility index (Phi) is 4.66. The molecule has 0 saturated carbocycles. The van der Waals surface area contributed by atoms with Gasteiger partial charge in [0, 0.05) is 24.5 Å². The van der Waals surface area contributed by atoms with Crippen LogP contribution in [0.1, 0.15) is 39.3 Å². The van der Waals surface area contributed by atoms with Crippen LogP contribution in [-0.4, -0.2) is 16.0 Å². The van der Waals surface area contributed by atoms with Gasteiger partial charge in [-0.25, -0.2) is 4.98 Å². The number of aromatic amines is 1. The molecule has 1 aromatic heterocycles. The molecule has 0 amide bonds. The van der Waals surface area contributed by atoms with E-state index < -0.39 is 0 Å². The van der Waals surface area contributed by atoms with Crippen molar-refractivity contribution in [3.63, 3.8) is 0 Å². The van der Waals surface area contributed by atoms with Gasteiger partial charge in [-0.1, -0.05) is 26.7 Å². The Morgan fingerprint density at radius 3 is 2.64 bits per heavy atom. The van der Waals surface area contributed by atoms with Crippen LogP contribution in [0.25, 0.3) is 0 Å². The van der Waals surface area contributed by atoms with Crippen LogP contribution in [0.5, 0.6) is 0 Å². The number of rotatable bonds is 6. The first kappa shape index (κ1) is 11.2. The summed E-state index contributed by atoms with van der Waals surface area (Å²) in [5.41, 5.74) is 1.16. The molecule has 0 aliphatic rings. The van der Waals surface area contributed by atoms with Gasteiger partial charge in [0.15, 0.2) is 0 Å². The quantitative estimate of drug-likeness (QED) is 0.731. The summed E-state index contributed by atoms with van der Waals surface area (Å²) in [6, 6.07) is 0.577. The fraction of sp³-hybridized carbons (Fsp3) is 0.727. The fourth-order valence-electron chi connectivity index (χ4n) is 1.81. The maximum atomic E-state index is 3.99. The lowest BCUT2D eigenvalue weighted by molar-refractivity contribution is 0.352. The molecule has 1 rings (SSSR count). The summed E-state index contributed by atoms with van der Waals surface area (Å²) in [5, 5.41) is 3.52. The molecule has 0 fully saturated rings. The first-order valence-electron chi connectivity index (χ1n) is 5.48. The number of hydrogen-bond donors (Lipinski definition) is 2. The Hall–Kier alpha value is -0.830. The minimum atomic E-state index is 0.577. The first-order valence-corrected chi connectivity index (χ1v) is 5.48. The molecule has 0 bridgehead atoms. The third-order valence-electron chi connectivity index (χ3n) is 2.93. The van der Waals surface area contributed by atoms with Crippen LogP contribution in [0.3, 0.4) is 0 Å². The number of nitrogens with one attached hydrogen (secondary N) is 2. The van der Waals surface area contributed by atoms with E-state index in [1.165, 1.54) is 12.8 Å². The fourth-order valence-corrected chi connectivity index (χ4v) is 1.81. The maximum Gasteiger partial charge on any atom is 0.0922 e. The Balaban J connectivity index is 2.30. The molecule has 3 nitrogen and oxygen atoms in total. The molecule has 2 N–H and O–H groups in total. The minimum absolute atomic E-state index is 0.577. The topological polar surface area (TPSA) is 40.7 Å². The van der Waals surface area contributed by atoms with E-state index in [9.17, 15) is 0 Å². The number of H-pyrrole nitrogens is 1. The lowest BCUT2D eigenvalue weighted by Crippen LogP contribution is -2.32. The molecule has 1 atom stereocenters. The molecule has 1 aromatic rings. The van der Waals surface area contributed by atoms with Gasteiger partial charge in [-0.15, -0.1) is 0 Å². The summed E-state index contributed by atoms with van der Waals surface area (Å²) in [4.78, 5) is 7.08. The molecule has 0 aromatic carbocycles. The SMILES string of the molecule is CCC(CC)C(C)NCc1cnc[nH]1. The van der Waals surface area contributed by atoms with Crippen LogP contribution in [0.15, 0.2) is 12.5 Å². The minimum Gasteiger partial charge on any atom is -0.347 e. The summed E-state index contributed by atoms with van der Waals surface area (Å²) in [7, 11) is 0. The van der Waals surface area contributed by atoms with Crippen molar-refractivity contribution in [2.75, 3.05) is 0 Å². The van der Waals surface area contributed by atoms with E-state index >= 15 is 0 Å². The summed E-state index contributed by atoms with van der Waals surface area (Å²) in [6.07, 6.45) is 6.08. The zero-order valence-electron chi connectivity index (χ0n) is 9.38. The first-order chi connectivity index (χ1) is 6.77. The van der Waals surface area contributed by atoms with Crippen molar-refractivity contribution in [3.8, 4) is 0 Å². The highest BCUT2D eigenvalue weighted by atomic mass is 15.0. The van der Waals surface area contributed by atoms with E-state index in [0.29, 0.717) is 6.04 Å². The Morgan fingerprint density at radius 2 is 2.14 bits per heavy atom. The number of hydrogen-bond acceptors (Lipinski definition) is 2. The Bertz CT molecular complexity index is 227. The summed E-state index contributed by atoms with van der Waals surface area (Å²) >= 11 is 0. The van der Waals surface area contributed by atoms with Crippen molar-refractivity contribution in [2.45, 2.75) is 46.2 Å². The highest BCUT2D eigenvalue weighted by molar-refractivity contribution is 4.93. The van der Waals surface area contributed by atoms with Crippen LogP contribution in [0.4, 0.5) is 0 Å². The third kappa shape index (κ3) is 3.14. The number of imidazole rings is 1. The largest absolute Gasteiger partial charge is 0.347 e. The van der Waals surface area contributed by atoms with Crippen molar-refractivity contribution in [3.05, 3.63) is 18.2 Å². The molecular weight excluding hydrogens is 174 g/mol. The number of nitrogens with zero attached hydrogens (tertiary/aromatic N) is 1. The Morgan fingerprint density at radius 1 is 1.43 bits per heavy atom. The van der Waals surface area contributed by atoms with Gasteiger partial charge in [0.05, 0.1) is 6.33 Å². The Labute approximate surface area is 86.3 Å². The molecule has 1 heterocycles. The lowest BCUT2D eigenvalue weighted by atomic mass is 9.95. The van der Waals surface area contributed by atoms with Gasteiger partial charge in [-0.3, -0.25) is 0 Å². The molecule has 0 radical (unpaired) electrons. The summed E-state index contributed by atoms with van der Waals surface area (Å²) in [6.45, 7) is 7.65. The summed E-state index contributed by atoms with van der Waals surface area (Å²) < 4.78 is 0. The average Bonchev–Trinajstić information content (AvgIpc) is 2.69. The van der Waals surface area contributed by atoms with E-state index in [2.05, 4.69) is 36.1 Å². The van der Waals surface area contributed by atoms with Gasteiger partial charge in [0.2, 0.25) is 0 Å². The van der Waals surface area contributed by atoms with E-state index in [-0.39, 0.29) is 0 Å². The van der Waals surface area contributed by atoms with Gasteiger partial charge >= 0.3 is 0 Å². The van der Waals surface area contributed by atoms with Crippen LogP contribution in [0, 0.1) is 5.92 Å². The van der Waals surface area contributed by atoms with E-state index in [1.54, 1.807) is 6.33 Å². The monoisotopic (exact) mass is 195 g/mol. The molecule has 1 unspecified atom stereocenters.